The number of rotatable bonds is 7. The number of halogens is 1. The Morgan fingerprint density at radius 2 is 1.84 bits per heavy atom. The number of nitrogens with zero attached hydrogens (tertiary/aromatic N) is 1. The zero-order chi connectivity index (χ0) is 17.6. The van der Waals surface area contributed by atoms with Crippen LogP contribution in [0.25, 0.3) is 11.5 Å². The molecule has 0 aliphatic heterocycles. The number of benzene rings is 2. The van der Waals surface area contributed by atoms with Crippen LogP contribution in [-0.2, 0) is 13.1 Å². The molecule has 25 heavy (non-hydrogen) atoms. The summed E-state index contributed by atoms with van der Waals surface area (Å²) >= 11 is 3.51. The average Bonchev–Trinajstić information content (AvgIpc) is 3.10. The lowest BCUT2D eigenvalue weighted by molar-refractivity contribution is 0.354. The Kier molecular flexibility index (Phi) is 5.73. The molecule has 2 aromatic carbocycles. The first kappa shape index (κ1) is 17.5. The highest BCUT2D eigenvalue weighted by molar-refractivity contribution is 9.10. The summed E-state index contributed by atoms with van der Waals surface area (Å²) in [5.74, 6) is 2.05. The van der Waals surface area contributed by atoms with E-state index < -0.39 is 0 Å². The second kappa shape index (κ2) is 8.18. The van der Waals surface area contributed by atoms with E-state index in [1.807, 2.05) is 42.5 Å². The largest absolute Gasteiger partial charge is 0.493 e. The minimum Gasteiger partial charge on any atom is -0.493 e. The SMILES string of the molecule is COc1ccc(CNCc2coc(-c3ccccc3Br)n2)cc1OC. The van der Waals surface area contributed by atoms with Crippen molar-refractivity contribution in [2.24, 2.45) is 0 Å². The van der Waals surface area contributed by atoms with Crippen molar-refractivity contribution in [2.75, 3.05) is 14.2 Å². The number of oxazole rings is 1. The number of ether oxygens (including phenoxy) is 2. The predicted molar refractivity (Wildman–Crippen MR) is 99.7 cm³/mol. The van der Waals surface area contributed by atoms with Crippen LogP contribution >= 0.6 is 15.9 Å². The zero-order valence-electron chi connectivity index (χ0n) is 14.1. The van der Waals surface area contributed by atoms with E-state index in [1.54, 1.807) is 20.5 Å². The molecule has 5 nitrogen and oxygen atoms in total. The van der Waals surface area contributed by atoms with Gasteiger partial charge in [-0.2, -0.15) is 0 Å². The van der Waals surface area contributed by atoms with Crippen LogP contribution in [0.5, 0.6) is 11.5 Å². The maximum absolute atomic E-state index is 5.58. The summed E-state index contributed by atoms with van der Waals surface area (Å²) in [6.07, 6.45) is 1.68. The molecule has 0 amide bonds. The van der Waals surface area contributed by atoms with Crippen LogP contribution in [0.2, 0.25) is 0 Å². The second-order valence-electron chi connectivity index (χ2n) is 5.42. The molecule has 3 rings (SSSR count). The Labute approximate surface area is 155 Å². The van der Waals surface area contributed by atoms with E-state index >= 15 is 0 Å². The molecule has 1 heterocycles. The molecule has 130 valence electrons. The number of aromatic nitrogens is 1. The fraction of sp³-hybridized carbons (Fsp3) is 0.211. The van der Waals surface area contributed by atoms with E-state index in [0.717, 1.165) is 32.8 Å². The summed E-state index contributed by atoms with van der Waals surface area (Å²) < 4.78 is 17.1. The van der Waals surface area contributed by atoms with Crippen molar-refractivity contribution in [2.45, 2.75) is 13.1 Å². The molecule has 0 atom stereocenters. The van der Waals surface area contributed by atoms with E-state index in [9.17, 15) is 0 Å². The first-order valence-electron chi connectivity index (χ1n) is 7.82. The Morgan fingerprint density at radius 1 is 1.04 bits per heavy atom. The quantitative estimate of drug-likeness (QED) is 0.633. The van der Waals surface area contributed by atoms with E-state index in [-0.39, 0.29) is 0 Å². The molecule has 0 aliphatic rings. The zero-order valence-corrected chi connectivity index (χ0v) is 15.7. The molecular weight excluding hydrogens is 384 g/mol. The van der Waals surface area contributed by atoms with Gasteiger partial charge in [-0.15, -0.1) is 0 Å². The van der Waals surface area contributed by atoms with Gasteiger partial charge in [0.1, 0.15) is 6.26 Å². The fourth-order valence-corrected chi connectivity index (χ4v) is 2.93. The molecule has 6 heteroatoms. The summed E-state index contributed by atoms with van der Waals surface area (Å²) in [7, 11) is 3.26. The van der Waals surface area contributed by atoms with Crippen LogP contribution in [-0.4, -0.2) is 19.2 Å². The minimum absolute atomic E-state index is 0.607. The lowest BCUT2D eigenvalue weighted by Gasteiger charge is -2.09. The van der Waals surface area contributed by atoms with Gasteiger partial charge in [0.05, 0.1) is 25.5 Å². The first-order valence-corrected chi connectivity index (χ1v) is 8.61. The van der Waals surface area contributed by atoms with E-state index in [0.29, 0.717) is 19.0 Å². The van der Waals surface area contributed by atoms with Gasteiger partial charge in [0.15, 0.2) is 11.5 Å². The van der Waals surface area contributed by atoms with E-state index in [2.05, 4.69) is 26.2 Å². The third kappa shape index (κ3) is 4.21. The average molecular weight is 403 g/mol. The highest BCUT2D eigenvalue weighted by atomic mass is 79.9. The van der Waals surface area contributed by atoms with Crippen molar-refractivity contribution in [1.82, 2.24) is 10.3 Å². The highest BCUT2D eigenvalue weighted by Crippen LogP contribution is 2.28. The number of methoxy groups -OCH3 is 2. The minimum atomic E-state index is 0.607. The molecule has 1 aromatic heterocycles. The van der Waals surface area contributed by atoms with Crippen LogP contribution in [0.15, 0.2) is 57.6 Å². The third-order valence-corrected chi connectivity index (χ3v) is 4.43. The molecule has 0 unspecified atom stereocenters. The summed E-state index contributed by atoms with van der Waals surface area (Å²) in [5, 5.41) is 3.36. The van der Waals surface area contributed by atoms with Crippen LogP contribution in [0.3, 0.4) is 0 Å². The molecule has 0 spiro atoms. The first-order chi connectivity index (χ1) is 12.2. The topological polar surface area (TPSA) is 56.5 Å². The molecule has 0 saturated carbocycles. The third-order valence-electron chi connectivity index (χ3n) is 3.74. The Morgan fingerprint density at radius 3 is 2.60 bits per heavy atom. The number of nitrogens with one attached hydrogen (secondary N) is 1. The van der Waals surface area contributed by atoms with Gasteiger partial charge in [-0.25, -0.2) is 4.98 Å². The van der Waals surface area contributed by atoms with Crippen LogP contribution in [0, 0.1) is 0 Å². The maximum Gasteiger partial charge on any atom is 0.227 e. The maximum atomic E-state index is 5.58. The Balaban J connectivity index is 1.61. The van der Waals surface area contributed by atoms with Gasteiger partial charge in [-0.05, 0) is 45.8 Å². The second-order valence-corrected chi connectivity index (χ2v) is 6.27. The van der Waals surface area contributed by atoms with Crippen molar-refractivity contribution in [1.29, 1.82) is 0 Å². The lowest BCUT2D eigenvalue weighted by atomic mass is 10.2. The van der Waals surface area contributed by atoms with Gasteiger partial charge in [0.25, 0.3) is 0 Å². The lowest BCUT2D eigenvalue weighted by Crippen LogP contribution is -2.13. The van der Waals surface area contributed by atoms with Gasteiger partial charge in [0.2, 0.25) is 5.89 Å². The summed E-state index contributed by atoms with van der Waals surface area (Å²) in [5.41, 5.74) is 2.90. The monoisotopic (exact) mass is 402 g/mol. The molecule has 3 aromatic rings. The van der Waals surface area contributed by atoms with Gasteiger partial charge >= 0.3 is 0 Å². The van der Waals surface area contributed by atoms with Gasteiger partial charge in [-0.3, -0.25) is 0 Å². The van der Waals surface area contributed by atoms with Gasteiger partial charge in [0, 0.05) is 17.6 Å². The van der Waals surface area contributed by atoms with Crippen LogP contribution in [0.1, 0.15) is 11.3 Å². The number of hydrogen-bond donors (Lipinski definition) is 1. The molecule has 0 aliphatic carbocycles. The van der Waals surface area contributed by atoms with Gasteiger partial charge < -0.3 is 19.2 Å². The number of hydrogen-bond acceptors (Lipinski definition) is 5. The smallest absolute Gasteiger partial charge is 0.227 e. The molecular formula is C19H19BrN2O3. The van der Waals surface area contributed by atoms with Crippen molar-refractivity contribution in [3.8, 4) is 23.0 Å². The summed E-state index contributed by atoms with van der Waals surface area (Å²) in [6, 6.07) is 13.7. The molecule has 0 radical (unpaired) electrons. The normalized spacial score (nSPS) is 10.7. The fourth-order valence-electron chi connectivity index (χ4n) is 2.47. The van der Waals surface area contributed by atoms with Gasteiger partial charge in [-0.1, -0.05) is 18.2 Å². The Bertz CT molecular complexity index is 848. The summed E-state index contributed by atoms with van der Waals surface area (Å²) in [6.45, 7) is 1.31. The summed E-state index contributed by atoms with van der Waals surface area (Å²) in [4.78, 5) is 4.53. The van der Waals surface area contributed by atoms with Crippen LogP contribution in [0.4, 0.5) is 0 Å². The Hall–Kier alpha value is -2.31. The molecule has 0 bridgehead atoms. The van der Waals surface area contributed by atoms with Crippen molar-refractivity contribution in [3.63, 3.8) is 0 Å². The van der Waals surface area contributed by atoms with E-state index in [1.165, 1.54) is 0 Å². The van der Waals surface area contributed by atoms with Crippen molar-refractivity contribution >= 4 is 15.9 Å². The molecule has 0 saturated heterocycles. The van der Waals surface area contributed by atoms with E-state index in [4.69, 9.17) is 13.9 Å². The van der Waals surface area contributed by atoms with Crippen molar-refractivity contribution in [3.05, 3.63) is 64.5 Å². The predicted octanol–water partition coefficient (Wildman–Crippen LogP) is 4.41. The molecule has 1 N–H and O–H groups in total. The van der Waals surface area contributed by atoms with Crippen molar-refractivity contribution < 1.29 is 13.9 Å². The standard InChI is InChI=1S/C19H19BrN2O3/c1-23-17-8-7-13(9-18(17)24-2)10-21-11-14-12-25-19(22-14)15-5-3-4-6-16(15)20/h3-9,12,21H,10-11H2,1-2H3. The highest BCUT2D eigenvalue weighted by Gasteiger charge is 2.10. The molecule has 0 fully saturated rings. The van der Waals surface area contributed by atoms with Crippen LogP contribution < -0.4 is 14.8 Å².